The maximum absolute atomic E-state index is 3.25. The molecule has 1 N–H and O–H groups in total. The van der Waals surface area contributed by atoms with Crippen molar-refractivity contribution in [2.45, 2.75) is 33.6 Å². The van der Waals surface area contributed by atoms with Crippen LogP contribution in [0.25, 0.3) is 0 Å². The average molecular weight is 205 g/mol. The lowest BCUT2D eigenvalue weighted by molar-refractivity contribution is 0.464. The van der Waals surface area contributed by atoms with Crippen molar-refractivity contribution in [2.24, 2.45) is 5.92 Å². The van der Waals surface area contributed by atoms with Gasteiger partial charge in [0.15, 0.2) is 0 Å². The summed E-state index contributed by atoms with van der Waals surface area (Å²) < 4.78 is 0. The quantitative estimate of drug-likeness (QED) is 0.795. The van der Waals surface area contributed by atoms with E-state index in [1.165, 1.54) is 16.7 Å². The second-order valence-electron chi connectivity index (χ2n) is 4.68. The summed E-state index contributed by atoms with van der Waals surface area (Å²) in [5, 5.41) is 3.25. The van der Waals surface area contributed by atoms with Gasteiger partial charge in [-0.3, -0.25) is 0 Å². The van der Waals surface area contributed by atoms with Crippen LogP contribution in [0.15, 0.2) is 18.2 Å². The van der Waals surface area contributed by atoms with Crippen LogP contribution in [0.3, 0.4) is 0 Å². The van der Waals surface area contributed by atoms with Gasteiger partial charge in [-0.25, -0.2) is 0 Å². The van der Waals surface area contributed by atoms with E-state index in [9.17, 15) is 0 Å². The molecule has 0 radical (unpaired) electrons. The predicted molar refractivity (Wildman–Crippen MR) is 67.4 cm³/mol. The Kier molecular flexibility index (Phi) is 4.34. The van der Waals surface area contributed by atoms with Crippen molar-refractivity contribution in [3.05, 3.63) is 34.9 Å². The Morgan fingerprint density at radius 3 is 2.40 bits per heavy atom. The lowest BCUT2D eigenvalue weighted by Crippen LogP contribution is -2.21. The van der Waals surface area contributed by atoms with Gasteiger partial charge in [0.1, 0.15) is 0 Å². The van der Waals surface area contributed by atoms with Gasteiger partial charge in [-0.1, -0.05) is 37.6 Å². The van der Waals surface area contributed by atoms with Crippen molar-refractivity contribution >= 4 is 0 Å². The number of aryl methyl sites for hydroxylation is 2. The van der Waals surface area contributed by atoms with Crippen LogP contribution in [0.5, 0.6) is 0 Å². The van der Waals surface area contributed by atoms with Crippen molar-refractivity contribution in [3.63, 3.8) is 0 Å². The molecule has 1 aromatic rings. The monoisotopic (exact) mass is 205 g/mol. The van der Waals surface area contributed by atoms with Crippen LogP contribution in [0.4, 0.5) is 0 Å². The van der Waals surface area contributed by atoms with Gasteiger partial charge in [-0.2, -0.15) is 0 Å². The smallest absolute Gasteiger partial charge is 0.00204 e. The number of rotatable bonds is 4. The van der Waals surface area contributed by atoms with Crippen LogP contribution in [0, 0.1) is 19.8 Å². The van der Waals surface area contributed by atoms with E-state index in [-0.39, 0.29) is 0 Å². The lowest BCUT2D eigenvalue weighted by Gasteiger charge is -2.22. The summed E-state index contributed by atoms with van der Waals surface area (Å²) >= 11 is 0. The van der Waals surface area contributed by atoms with Crippen molar-refractivity contribution in [1.82, 2.24) is 5.32 Å². The van der Waals surface area contributed by atoms with Gasteiger partial charge in [0.05, 0.1) is 0 Å². The zero-order valence-corrected chi connectivity index (χ0v) is 10.6. The van der Waals surface area contributed by atoms with E-state index < -0.39 is 0 Å². The van der Waals surface area contributed by atoms with Crippen molar-refractivity contribution < 1.29 is 0 Å². The predicted octanol–water partition coefficient (Wildman–Crippen LogP) is 3.26. The second kappa shape index (κ2) is 5.32. The summed E-state index contributed by atoms with van der Waals surface area (Å²) in [5.41, 5.74) is 4.26. The van der Waals surface area contributed by atoms with Crippen LogP contribution in [0.1, 0.15) is 36.5 Å². The number of benzene rings is 1. The van der Waals surface area contributed by atoms with Crippen LogP contribution in [-0.4, -0.2) is 13.6 Å². The molecule has 0 amide bonds. The molecule has 0 bridgehead atoms. The molecule has 0 aliphatic carbocycles. The lowest BCUT2D eigenvalue weighted by atomic mass is 9.86. The van der Waals surface area contributed by atoms with Crippen molar-refractivity contribution in [3.8, 4) is 0 Å². The molecule has 0 heterocycles. The molecule has 1 aromatic carbocycles. The highest BCUT2D eigenvalue weighted by Gasteiger charge is 2.15. The molecular weight excluding hydrogens is 182 g/mol. The first-order valence-corrected chi connectivity index (χ1v) is 5.78. The van der Waals surface area contributed by atoms with Crippen LogP contribution in [0.2, 0.25) is 0 Å². The molecule has 84 valence electrons. The Balaban J connectivity index is 2.86. The van der Waals surface area contributed by atoms with E-state index in [4.69, 9.17) is 0 Å². The fraction of sp³-hybridized carbons (Fsp3) is 0.571. The topological polar surface area (TPSA) is 12.0 Å². The van der Waals surface area contributed by atoms with Crippen LogP contribution < -0.4 is 5.32 Å². The van der Waals surface area contributed by atoms with E-state index in [0.717, 1.165) is 6.54 Å². The third kappa shape index (κ3) is 3.07. The number of hydrogen-bond acceptors (Lipinski definition) is 1. The first-order chi connectivity index (χ1) is 7.06. The van der Waals surface area contributed by atoms with E-state index in [1.54, 1.807) is 0 Å². The normalized spacial score (nSPS) is 15.0. The Labute approximate surface area is 93.9 Å². The molecule has 1 rings (SSSR count). The highest BCUT2D eigenvalue weighted by Crippen LogP contribution is 2.26. The molecule has 2 atom stereocenters. The van der Waals surface area contributed by atoms with Gasteiger partial charge < -0.3 is 5.32 Å². The number of hydrogen-bond donors (Lipinski definition) is 1. The fourth-order valence-corrected chi connectivity index (χ4v) is 2.14. The van der Waals surface area contributed by atoms with Crippen LogP contribution >= 0.6 is 0 Å². The minimum absolute atomic E-state index is 0.623. The summed E-state index contributed by atoms with van der Waals surface area (Å²) in [6.07, 6.45) is 0. The first-order valence-electron chi connectivity index (χ1n) is 5.78. The average Bonchev–Trinajstić information content (AvgIpc) is 2.17. The summed E-state index contributed by atoms with van der Waals surface area (Å²) in [6.45, 7) is 10.1. The molecule has 0 fully saturated rings. The molecule has 2 unspecified atom stereocenters. The minimum atomic E-state index is 0.623. The molecule has 0 aromatic heterocycles. The summed E-state index contributed by atoms with van der Waals surface area (Å²) in [6, 6.07) is 6.77. The van der Waals surface area contributed by atoms with Crippen LogP contribution in [-0.2, 0) is 0 Å². The van der Waals surface area contributed by atoms with E-state index in [1.807, 2.05) is 7.05 Å². The molecule has 1 nitrogen and oxygen atoms in total. The maximum atomic E-state index is 3.25. The summed E-state index contributed by atoms with van der Waals surface area (Å²) in [4.78, 5) is 0. The van der Waals surface area contributed by atoms with Gasteiger partial charge in [0, 0.05) is 0 Å². The molecule has 0 saturated heterocycles. The molecule has 0 saturated carbocycles. The highest BCUT2D eigenvalue weighted by molar-refractivity contribution is 5.33. The van der Waals surface area contributed by atoms with E-state index in [2.05, 4.69) is 51.2 Å². The minimum Gasteiger partial charge on any atom is -0.319 e. The second-order valence-corrected chi connectivity index (χ2v) is 4.68. The molecule has 0 aliphatic heterocycles. The number of nitrogens with one attached hydrogen (secondary N) is 1. The third-order valence-electron chi connectivity index (χ3n) is 3.30. The van der Waals surface area contributed by atoms with Gasteiger partial charge in [0.2, 0.25) is 0 Å². The summed E-state index contributed by atoms with van der Waals surface area (Å²) in [7, 11) is 2.02. The third-order valence-corrected chi connectivity index (χ3v) is 3.30. The fourth-order valence-electron chi connectivity index (χ4n) is 2.14. The van der Waals surface area contributed by atoms with Gasteiger partial charge in [0.25, 0.3) is 0 Å². The van der Waals surface area contributed by atoms with Gasteiger partial charge >= 0.3 is 0 Å². The van der Waals surface area contributed by atoms with Gasteiger partial charge in [-0.15, -0.1) is 0 Å². The van der Waals surface area contributed by atoms with E-state index in [0.29, 0.717) is 11.8 Å². The standard InChI is InChI=1S/C14H23N/c1-10-6-7-14(11(2)8-10)13(4)12(3)9-15-5/h6-8,12-13,15H,9H2,1-5H3. The van der Waals surface area contributed by atoms with Crippen molar-refractivity contribution in [2.75, 3.05) is 13.6 Å². The first kappa shape index (κ1) is 12.3. The Hall–Kier alpha value is -0.820. The Morgan fingerprint density at radius 1 is 1.20 bits per heavy atom. The van der Waals surface area contributed by atoms with E-state index >= 15 is 0 Å². The zero-order valence-electron chi connectivity index (χ0n) is 10.6. The zero-order chi connectivity index (χ0) is 11.4. The van der Waals surface area contributed by atoms with Gasteiger partial charge in [-0.05, 0) is 50.4 Å². The molecule has 1 heteroatoms. The molecule has 0 aliphatic rings. The largest absolute Gasteiger partial charge is 0.319 e. The Bertz CT molecular complexity index is 317. The Morgan fingerprint density at radius 2 is 1.87 bits per heavy atom. The highest BCUT2D eigenvalue weighted by atomic mass is 14.8. The maximum Gasteiger partial charge on any atom is -0.00204 e. The SMILES string of the molecule is CNCC(C)C(C)c1ccc(C)cc1C. The van der Waals surface area contributed by atoms with Crippen molar-refractivity contribution in [1.29, 1.82) is 0 Å². The molecule has 0 spiro atoms. The molecular formula is C14H23N. The summed E-state index contributed by atoms with van der Waals surface area (Å²) in [5.74, 6) is 1.30. The molecule has 15 heavy (non-hydrogen) atoms.